The Labute approximate surface area is 129 Å². The van der Waals surface area contributed by atoms with Crippen molar-refractivity contribution >= 4 is 11.3 Å². The van der Waals surface area contributed by atoms with Crippen LogP contribution >= 0.6 is 11.3 Å². The number of rotatable bonds is 5. The maximum Gasteiger partial charge on any atom is 0.161 e. The summed E-state index contributed by atoms with van der Waals surface area (Å²) in [4.78, 5) is 1.41. The number of nitrogens with one attached hydrogen (secondary N) is 1. The average Bonchev–Trinajstić information content (AvgIpc) is 2.93. The summed E-state index contributed by atoms with van der Waals surface area (Å²) in [5, 5.41) is 5.80. The van der Waals surface area contributed by atoms with E-state index in [9.17, 15) is 0 Å². The molecule has 1 aromatic heterocycles. The maximum atomic E-state index is 5.68. The highest BCUT2D eigenvalue weighted by Gasteiger charge is 2.16. The van der Waals surface area contributed by atoms with Crippen molar-refractivity contribution in [2.75, 3.05) is 13.2 Å². The van der Waals surface area contributed by atoms with Gasteiger partial charge < -0.3 is 14.8 Å². The number of hydrogen-bond acceptors (Lipinski definition) is 4. The number of ether oxygens (including phenoxy) is 2. The molecule has 0 fully saturated rings. The summed E-state index contributed by atoms with van der Waals surface area (Å²) in [6, 6.07) is 8.77. The van der Waals surface area contributed by atoms with Gasteiger partial charge in [-0.25, -0.2) is 0 Å². The molecule has 0 saturated carbocycles. The highest BCUT2D eigenvalue weighted by Crippen LogP contribution is 2.33. The molecule has 21 heavy (non-hydrogen) atoms. The fraction of sp³-hybridized carbons (Fsp3) is 0.412. The summed E-state index contributed by atoms with van der Waals surface area (Å²) in [6.45, 7) is 6.55. The Morgan fingerprint density at radius 1 is 1.19 bits per heavy atom. The molecule has 0 radical (unpaired) electrons. The van der Waals surface area contributed by atoms with Crippen LogP contribution in [-0.2, 0) is 6.54 Å². The van der Waals surface area contributed by atoms with Gasteiger partial charge in [0.1, 0.15) is 13.2 Å². The van der Waals surface area contributed by atoms with Gasteiger partial charge in [-0.1, -0.05) is 13.0 Å². The van der Waals surface area contributed by atoms with Crippen LogP contribution in [0.3, 0.4) is 0 Å². The predicted molar refractivity (Wildman–Crippen MR) is 86.4 cm³/mol. The zero-order chi connectivity index (χ0) is 14.7. The van der Waals surface area contributed by atoms with Gasteiger partial charge in [0.15, 0.2) is 11.5 Å². The van der Waals surface area contributed by atoms with Crippen LogP contribution in [0.15, 0.2) is 29.6 Å². The average molecular weight is 303 g/mol. The van der Waals surface area contributed by atoms with E-state index >= 15 is 0 Å². The van der Waals surface area contributed by atoms with Gasteiger partial charge in [-0.15, -0.1) is 11.3 Å². The third-order valence-electron chi connectivity index (χ3n) is 3.85. The molecule has 3 rings (SSSR count). The Kier molecular flexibility index (Phi) is 4.46. The molecule has 0 spiro atoms. The molecule has 1 unspecified atom stereocenters. The summed E-state index contributed by atoms with van der Waals surface area (Å²) in [6.07, 6.45) is 1.05. The summed E-state index contributed by atoms with van der Waals surface area (Å²) in [5.41, 5.74) is 2.63. The Morgan fingerprint density at radius 3 is 2.71 bits per heavy atom. The molecule has 0 saturated heterocycles. The fourth-order valence-corrected chi connectivity index (χ4v) is 3.43. The molecule has 1 N–H and O–H groups in total. The molecular formula is C17H21NO2S. The molecule has 1 aromatic carbocycles. The van der Waals surface area contributed by atoms with Crippen molar-refractivity contribution in [1.82, 2.24) is 5.32 Å². The van der Waals surface area contributed by atoms with Crippen LogP contribution < -0.4 is 14.8 Å². The lowest BCUT2D eigenvalue weighted by molar-refractivity contribution is 0.171. The van der Waals surface area contributed by atoms with Crippen LogP contribution in [0, 0.1) is 6.92 Å². The quantitative estimate of drug-likeness (QED) is 0.903. The van der Waals surface area contributed by atoms with E-state index in [1.807, 2.05) is 17.4 Å². The molecule has 0 bridgehead atoms. The minimum absolute atomic E-state index is 0.335. The van der Waals surface area contributed by atoms with E-state index in [2.05, 4.69) is 42.7 Å². The monoisotopic (exact) mass is 303 g/mol. The van der Waals surface area contributed by atoms with Crippen LogP contribution in [0.1, 0.15) is 35.4 Å². The van der Waals surface area contributed by atoms with Crippen molar-refractivity contribution in [1.29, 1.82) is 0 Å². The van der Waals surface area contributed by atoms with Gasteiger partial charge in [0.2, 0.25) is 0 Å². The second-order valence-corrected chi connectivity index (χ2v) is 6.27. The minimum Gasteiger partial charge on any atom is -0.486 e. The smallest absolute Gasteiger partial charge is 0.161 e. The molecule has 1 aliphatic rings. The Morgan fingerprint density at radius 2 is 2.00 bits per heavy atom. The van der Waals surface area contributed by atoms with E-state index in [-0.39, 0.29) is 0 Å². The first kappa shape index (κ1) is 14.4. The number of hydrogen-bond donors (Lipinski definition) is 1. The Balaban J connectivity index is 1.72. The molecule has 3 nitrogen and oxygen atoms in total. The molecule has 2 aromatic rings. The van der Waals surface area contributed by atoms with Crippen LogP contribution in [0.5, 0.6) is 11.5 Å². The molecule has 0 aliphatic carbocycles. The largest absolute Gasteiger partial charge is 0.486 e. The third kappa shape index (κ3) is 3.22. The van der Waals surface area contributed by atoms with Crippen molar-refractivity contribution in [2.24, 2.45) is 0 Å². The van der Waals surface area contributed by atoms with Gasteiger partial charge >= 0.3 is 0 Å². The number of aryl methyl sites for hydroxylation is 1. The first-order valence-corrected chi connectivity index (χ1v) is 8.31. The van der Waals surface area contributed by atoms with Gasteiger partial charge in [0.25, 0.3) is 0 Å². The number of fused-ring (bicyclic) bond motifs is 1. The molecular weight excluding hydrogens is 282 g/mol. The van der Waals surface area contributed by atoms with E-state index in [1.54, 1.807) is 0 Å². The van der Waals surface area contributed by atoms with Crippen molar-refractivity contribution in [3.05, 3.63) is 45.6 Å². The van der Waals surface area contributed by atoms with Crippen LogP contribution in [0.25, 0.3) is 0 Å². The molecule has 1 aliphatic heterocycles. The lowest BCUT2D eigenvalue weighted by atomic mass is 10.0. The van der Waals surface area contributed by atoms with Crippen molar-refractivity contribution in [2.45, 2.75) is 32.9 Å². The van der Waals surface area contributed by atoms with Crippen LogP contribution in [0.2, 0.25) is 0 Å². The van der Waals surface area contributed by atoms with Gasteiger partial charge in [-0.3, -0.25) is 0 Å². The van der Waals surface area contributed by atoms with E-state index in [1.165, 1.54) is 16.0 Å². The Bertz CT molecular complexity index is 609. The second kappa shape index (κ2) is 6.50. The highest BCUT2D eigenvalue weighted by molar-refractivity contribution is 7.10. The number of benzene rings is 1. The van der Waals surface area contributed by atoms with Gasteiger partial charge in [-0.05, 0) is 48.1 Å². The molecule has 2 heterocycles. The van der Waals surface area contributed by atoms with Gasteiger partial charge in [-0.2, -0.15) is 0 Å². The lowest BCUT2D eigenvalue weighted by Gasteiger charge is -2.22. The minimum atomic E-state index is 0.335. The van der Waals surface area contributed by atoms with Gasteiger partial charge in [0.05, 0.1) is 0 Å². The van der Waals surface area contributed by atoms with E-state index in [4.69, 9.17) is 9.47 Å². The standard InChI is InChI=1S/C17H21NO2S/c1-3-14(18-11-17-12(2)6-9-21-17)13-4-5-15-16(10-13)20-8-7-19-15/h4-6,9-10,14,18H,3,7-8,11H2,1-2H3. The molecule has 0 amide bonds. The summed E-state index contributed by atoms with van der Waals surface area (Å²) >= 11 is 1.81. The fourth-order valence-electron chi connectivity index (χ4n) is 2.58. The SMILES string of the molecule is CCC(NCc1sccc1C)c1ccc2c(c1)OCCO2. The topological polar surface area (TPSA) is 30.5 Å². The molecule has 112 valence electrons. The molecule has 1 atom stereocenters. The maximum absolute atomic E-state index is 5.68. The second-order valence-electron chi connectivity index (χ2n) is 5.27. The van der Waals surface area contributed by atoms with Crippen molar-refractivity contribution in [3.8, 4) is 11.5 Å². The van der Waals surface area contributed by atoms with E-state index in [0.29, 0.717) is 19.3 Å². The first-order valence-electron chi connectivity index (χ1n) is 7.44. The van der Waals surface area contributed by atoms with Crippen molar-refractivity contribution < 1.29 is 9.47 Å². The Hall–Kier alpha value is -1.52. The van der Waals surface area contributed by atoms with Crippen LogP contribution in [-0.4, -0.2) is 13.2 Å². The zero-order valence-electron chi connectivity index (χ0n) is 12.5. The van der Waals surface area contributed by atoms with Crippen LogP contribution in [0.4, 0.5) is 0 Å². The molecule has 4 heteroatoms. The first-order chi connectivity index (χ1) is 10.3. The zero-order valence-corrected chi connectivity index (χ0v) is 13.3. The lowest BCUT2D eigenvalue weighted by Crippen LogP contribution is -2.21. The predicted octanol–water partition coefficient (Wildman–Crippen LogP) is 4.07. The van der Waals surface area contributed by atoms with Crippen molar-refractivity contribution in [3.63, 3.8) is 0 Å². The highest BCUT2D eigenvalue weighted by atomic mass is 32.1. The van der Waals surface area contributed by atoms with E-state index < -0.39 is 0 Å². The summed E-state index contributed by atoms with van der Waals surface area (Å²) in [5.74, 6) is 1.72. The summed E-state index contributed by atoms with van der Waals surface area (Å²) < 4.78 is 11.3. The number of thiophene rings is 1. The normalized spacial score (nSPS) is 15.0. The summed E-state index contributed by atoms with van der Waals surface area (Å²) in [7, 11) is 0. The van der Waals surface area contributed by atoms with E-state index in [0.717, 1.165) is 24.5 Å². The van der Waals surface area contributed by atoms with Gasteiger partial charge in [0, 0.05) is 17.5 Å². The third-order valence-corrected chi connectivity index (χ3v) is 4.88.